The standard InChI is InChI=1S/C14H13NO6/c16-8-1-6-5-2-9-10(21-4-20-9)3-7(5)14(19)15-11(6)13(18)12(8)17/h1-3,8,11-13,16-18H,4H2,(H,15,19)/t8-,11-,12+,13-/m1/s1. The Morgan fingerprint density at radius 1 is 1.05 bits per heavy atom. The number of hydrogen-bond donors (Lipinski definition) is 4. The van der Waals surface area contributed by atoms with E-state index in [9.17, 15) is 20.1 Å². The van der Waals surface area contributed by atoms with Crippen molar-refractivity contribution >= 4 is 11.5 Å². The van der Waals surface area contributed by atoms with Gasteiger partial charge < -0.3 is 30.1 Å². The summed E-state index contributed by atoms with van der Waals surface area (Å²) in [6.07, 6.45) is -2.36. The lowest BCUT2D eigenvalue weighted by Crippen LogP contribution is -2.57. The Morgan fingerprint density at radius 3 is 2.43 bits per heavy atom. The molecule has 0 saturated carbocycles. The molecule has 1 amide bonds. The van der Waals surface area contributed by atoms with E-state index >= 15 is 0 Å². The number of benzene rings is 1. The van der Waals surface area contributed by atoms with Crippen molar-refractivity contribution in [3.8, 4) is 11.5 Å². The quantitative estimate of drug-likeness (QED) is 0.489. The van der Waals surface area contributed by atoms with E-state index in [-0.39, 0.29) is 12.7 Å². The van der Waals surface area contributed by atoms with E-state index in [4.69, 9.17) is 9.47 Å². The molecule has 0 bridgehead atoms. The number of hydrogen-bond acceptors (Lipinski definition) is 6. The molecule has 7 nitrogen and oxygen atoms in total. The lowest BCUT2D eigenvalue weighted by atomic mass is 9.79. The molecule has 2 heterocycles. The Hall–Kier alpha value is -2.09. The van der Waals surface area contributed by atoms with Crippen LogP contribution in [0.25, 0.3) is 5.57 Å². The molecular formula is C14H13NO6. The second-order valence-electron chi connectivity index (χ2n) is 5.30. The lowest BCUT2D eigenvalue weighted by molar-refractivity contribution is -0.0534. The molecule has 0 radical (unpaired) electrons. The van der Waals surface area contributed by atoms with E-state index < -0.39 is 24.4 Å². The Balaban J connectivity index is 1.90. The summed E-state index contributed by atoms with van der Waals surface area (Å²) in [7, 11) is 0. The van der Waals surface area contributed by atoms with E-state index in [1.165, 1.54) is 6.08 Å². The third kappa shape index (κ3) is 1.68. The van der Waals surface area contributed by atoms with Gasteiger partial charge >= 0.3 is 0 Å². The van der Waals surface area contributed by atoms with Gasteiger partial charge in [0.1, 0.15) is 18.3 Å². The summed E-state index contributed by atoms with van der Waals surface area (Å²) < 4.78 is 10.5. The van der Waals surface area contributed by atoms with Crippen LogP contribution in [-0.4, -0.2) is 52.4 Å². The third-order valence-corrected chi connectivity index (χ3v) is 4.08. The first-order valence-electron chi connectivity index (χ1n) is 6.57. The van der Waals surface area contributed by atoms with Crippen LogP contribution in [-0.2, 0) is 0 Å². The summed E-state index contributed by atoms with van der Waals surface area (Å²) in [5.41, 5.74) is 1.52. The minimum atomic E-state index is -1.34. The zero-order valence-electron chi connectivity index (χ0n) is 10.8. The molecule has 1 aromatic carbocycles. The molecule has 0 spiro atoms. The highest BCUT2D eigenvalue weighted by Crippen LogP contribution is 2.41. The fraction of sp³-hybridized carbons (Fsp3) is 0.357. The van der Waals surface area contributed by atoms with Gasteiger partial charge in [-0.2, -0.15) is 0 Å². The second kappa shape index (κ2) is 4.20. The highest BCUT2D eigenvalue weighted by Gasteiger charge is 2.43. The Labute approximate surface area is 119 Å². The number of ether oxygens (including phenoxy) is 2. The molecule has 2 aliphatic heterocycles. The van der Waals surface area contributed by atoms with Crippen LogP contribution in [0.1, 0.15) is 15.9 Å². The van der Waals surface area contributed by atoms with Crippen molar-refractivity contribution in [1.82, 2.24) is 5.32 Å². The van der Waals surface area contributed by atoms with Crippen LogP contribution in [0.3, 0.4) is 0 Å². The molecule has 0 saturated heterocycles. The van der Waals surface area contributed by atoms with Crippen molar-refractivity contribution in [2.75, 3.05) is 6.79 Å². The van der Waals surface area contributed by atoms with Crippen LogP contribution in [0.15, 0.2) is 18.2 Å². The van der Waals surface area contributed by atoms with E-state index in [1.807, 2.05) is 0 Å². The van der Waals surface area contributed by atoms with Crippen LogP contribution in [0.2, 0.25) is 0 Å². The normalized spacial score (nSPS) is 32.9. The molecule has 0 fully saturated rings. The molecule has 21 heavy (non-hydrogen) atoms. The maximum absolute atomic E-state index is 12.2. The number of fused-ring (bicyclic) bond motifs is 4. The number of carbonyl (C=O) groups excluding carboxylic acids is 1. The molecule has 0 unspecified atom stereocenters. The monoisotopic (exact) mass is 291 g/mol. The molecule has 110 valence electrons. The smallest absolute Gasteiger partial charge is 0.252 e. The predicted octanol–water partition coefficient (Wildman–Crippen LogP) is -0.993. The van der Waals surface area contributed by atoms with Gasteiger partial charge in [0.25, 0.3) is 5.91 Å². The van der Waals surface area contributed by atoms with Crippen molar-refractivity contribution in [2.24, 2.45) is 0 Å². The van der Waals surface area contributed by atoms with Gasteiger partial charge in [-0.1, -0.05) is 0 Å². The van der Waals surface area contributed by atoms with Crippen LogP contribution in [0, 0.1) is 0 Å². The van der Waals surface area contributed by atoms with E-state index in [2.05, 4.69) is 5.32 Å². The Bertz CT molecular complexity index is 670. The summed E-state index contributed by atoms with van der Waals surface area (Å²) in [4.78, 5) is 12.2. The summed E-state index contributed by atoms with van der Waals surface area (Å²) in [5, 5.41) is 32.3. The number of nitrogens with one attached hydrogen (secondary N) is 1. The van der Waals surface area contributed by atoms with Crippen LogP contribution >= 0.6 is 0 Å². The maximum atomic E-state index is 12.2. The van der Waals surface area contributed by atoms with Gasteiger partial charge in [0, 0.05) is 0 Å². The maximum Gasteiger partial charge on any atom is 0.252 e. The van der Waals surface area contributed by atoms with Crippen molar-refractivity contribution in [3.05, 3.63) is 29.3 Å². The van der Waals surface area contributed by atoms with E-state index in [0.29, 0.717) is 28.2 Å². The van der Waals surface area contributed by atoms with Gasteiger partial charge in [-0.25, -0.2) is 0 Å². The van der Waals surface area contributed by atoms with Crippen molar-refractivity contribution < 1.29 is 29.6 Å². The highest BCUT2D eigenvalue weighted by molar-refractivity contribution is 6.05. The minimum Gasteiger partial charge on any atom is -0.454 e. The average Bonchev–Trinajstić information content (AvgIpc) is 2.92. The van der Waals surface area contributed by atoms with Gasteiger partial charge in [-0.3, -0.25) is 4.79 Å². The zero-order valence-corrected chi connectivity index (χ0v) is 10.8. The van der Waals surface area contributed by atoms with Crippen LogP contribution in [0.4, 0.5) is 0 Å². The average molecular weight is 291 g/mol. The fourth-order valence-electron chi connectivity index (χ4n) is 2.98. The first-order valence-corrected chi connectivity index (χ1v) is 6.57. The first-order chi connectivity index (χ1) is 10.1. The molecule has 7 heteroatoms. The summed E-state index contributed by atoms with van der Waals surface area (Å²) in [6, 6.07) is 2.48. The predicted molar refractivity (Wildman–Crippen MR) is 69.8 cm³/mol. The summed E-state index contributed by atoms with van der Waals surface area (Å²) in [6.45, 7) is 0.0896. The molecule has 1 aliphatic carbocycles. The molecular weight excluding hydrogens is 278 g/mol. The topological polar surface area (TPSA) is 108 Å². The van der Waals surface area contributed by atoms with Gasteiger partial charge in [0.05, 0.1) is 11.6 Å². The van der Waals surface area contributed by atoms with Crippen molar-refractivity contribution in [1.29, 1.82) is 0 Å². The van der Waals surface area contributed by atoms with Gasteiger partial charge in [-0.15, -0.1) is 0 Å². The Morgan fingerprint density at radius 2 is 1.71 bits per heavy atom. The number of amides is 1. The van der Waals surface area contributed by atoms with E-state index in [1.54, 1.807) is 12.1 Å². The van der Waals surface area contributed by atoms with Gasteiger partial charge in [0.2, 0.25) is 6.79 Å². The van der Waals surface area contributed by atoms with Crippen LogP contribution in [0.5, 0.6) is 11.5 Å². The molecule has 4 rings (SSSR count). The molecule has 4 atom stereocenters. The summed E-state index contributed by atoms with van der Waals surface area (Å²) in [5.74, 6) is 0.631. The fourth-order valence-corrected chi connectivity index (χ4v) is 2.98. The second-order valence-corrected chi connectivity index (χ2v) is 5.30. The van der Waals surface area contributed by atoms with Crippen molar-refractivity contribution in [3.63, 3.8) is 0 Å². The SMILES string of the molecule is O=C1N[C@@H]2C(=C[C@@H](O)[C@H](O)[C@@H]2O)c2cc3c(cc21)OCO3. The van der Waals surface area contributed by atoms with Gasteiger partial charge in [0.15, 0.2) is 11.5 Å². The Kier molecular flexibility index (Phi) is 2.53. The summed E-state index contributed by atoms with van der Waals surface area (Å²) >= 11 is 0. The van der Waals surface area contributed by atoms with E-state index in [0.717, 1.165) is 0 Å². The highest BCUT2D eigenvalue weighted by atomic mass is 16.7. The third-order valence-electron chi connectivity index (χ3n) is 4.08. The lowest BCUT2D eigenvalue weighted by Gasteiger charge is -2.39. The number of rotatable bonds is 0. The molecule has 1 aromatic rings. The van der Waals surface area contributed by atoms with Gasteiger partial charge in [-0.05, 0) is 29.3 Å². The minimum absolute atomic E-state index is 0.0896. The molecule has 3 aliphatic rings. The number of carbonyl (C=O) groups is 1. The first kappa shape index (κ1) is 12.6. The number of aliphatic hydroxyl groups excluding tert-OH is 3. The molecule has 4 N–H and O–H groups in total. The van der Waals surface area contributed by atoms with Crippen molar-refractivity contribution in [2.45, 2.75) is 24.4 Å². The largest absolute Gasteiger partial charge is 0.454 e. The van der Waals surface area contributed by atoms with Crippen LogP contribution < -0.4 is 14.8 Å². The number of aliphatic hydroxyl groups is 3. The molecule has 0 aromatic heterocycles. The zero-order chi connectivity index (χ0) is 14.7.